The molecule has 4 nitrogen and oxygen atoms in total. The van der Waals surface area contributed by atoms with Crippen molar-refractivity contribution in [3.63, 3.8) is 0 Å². The van der Waals surface area contributed by atoms with E-state index in [2.05, 4.69) is 40.6 Å². The van der Waals surface area contributed by atoms with Crippen molar-refractivity contribution >= 4 is 5.91 Å². The lowest BCUT2D eigenvalue weighted by atomic mass is 10.2. The standard InChI is InChI=1S/C16H22N2O2/c1-20-15-9-5-6-11-18(12-10-17-16(15)19)13-14-7-3-2-4-8-14/h2-8,15H,9-13H2,1H3,(H,17,19)/b6-5-. The minimum atomic E-state index is -0.369. The maximum atomic E-state index is 11.8. The van der Waals surface area contributed by atoms with Gasteiger partial charge in [-0.05, 0) is 5.56 Å². The Kier molecular flexibility index (Phi) is 5.77. The summed E-state index contributed by atoms with van der Waals surface area (Å²) in [7, 11) is 1.57. The first kappa shape index (κ1) is 14.8. The molecule has 0 aromatic heterocycles. The molecule has 20 heavy (non-hydrogen) atoms. The molecule has 0 aliphatic carbocycles. The summed E-state index contributed by atoms with van der Waals surface area (Å²) in [5.74, 6) is -0.0290. The van der Waals surface area contributed by atoms with Crippen LogP contribution in [-0.2, 0) is 16.1 Å². The molecule has 1 aliphatic heterocycles. The number of benzene rings is 1. The lowest BCUT2D eigenvalue weighted by Gasteiger charge is -2.23. The van der Waals surface area contributed by atoms with E-state index in [9.17, 15) is 4.79 Å². The summed E-state index contributed by atoms with van der Waals surface area (Å²) in [6, 6.07) is 10.4. The molecule has 1 aromatic carbocycles. The van der Waals surface area contributed by atoms with Gasteiger partial charge >= 0.3 is 0 Å². The Morgan fingerprint density at radius 1 is 1.30 bits per heavy atom. The molecule has 0 saturated carbocycles. The van der Waals surface area contributed by atoms with Crippen LogP contribution in [0.4, 0.5) is 0 Å². The van der Waals surface area contributed by atoms with Gasteiger partial charge < -0.3 is 10.1 Å². The van der Waals surface area contributed by atoms with Gasteiger partial charge in [-0.15, -0.1) is 0 Å². The Bertz CT molecular complexity index is 445. The zero-order valence-electron chi connectivity index (χ0n) is 11.9. The van der Waals surface area contributed by atoms with Crippen LogP contribution in [0.5, 0.6) is 0 Å². The number of ether oxygens (including phenoxy) is 1. The molecule has 0 radical (unpaired) electrons. The van der Waals surface area contributed by atoms with Gasteiger partial charge in [0.15, 0.2) is 0 Å². The van der Waals surface area contributed by atoms with Crippen molar-refractivity contribution in [3.8, 4) is 0 Å². The second-order valence-electron chi connectivity index (χ2n) is 4.94. The van der Waals surface area contributed by atoms with Crippen molar-refractivity contribution in [2.75, 3.05) is 26.7 Å². The third kappa shape index (κ3) is 4.47. The fraction of sp³-hybridized carbons (Fsp3) is 0.438. The summed E-state index contributed by atoms with van der Waals surface area (Å²) in [5.41, 5.74) is 1.29. The number of carbonyl (C=O) groups excluding carboxylic acids is 1. The van der Waals surface area contributed by atoms with Gasteiger partial charge in [0.2, 0.25) is 5.91 Å². The smallest absolute Gasteiger partial charge is 0.249 e. The third-order valence-corrected chi connectivity index (χ3v) is 3.43. The van der Waals surface area contributed by atoms with Gasteiger partial charge in [0, 0.05) is 39.7 Å². The number of nitrogens with zero attached hydrogens (tertiary/aromatic N) is 1. The van der Waals surface area contributed by atoms with Crippen LogP contribution in [0.2, 0.25) is 0 Å². The first-order valence-electron chi connectivity index (χ1n) is 7.01. The highest BCUT2D eigenvalue weighted by molar-refractivity contribution is 5.80. The van der Waals surface area contributed by atoms with E-state index < -0.39 is 0 Å². The number of hydrogen-bond donors (Lipinski definition) is 1. The third-order valence-electron chi connectivity index (χ3n) is 3.43. The number of hydrogen-bond acceptors (Lipinski definition) is 3. The minimum absolute atomic E-state index is 0.0290. The average Bonchev–Trinajstić information content (AvgIpc) is 2.47. The Morgan fingerprint density at radius 2 is 2.10 bits per heavy atom. The van der Waals surface area contributed by atoms with Crippen LogP contribution in [0.1, 0.15) is 12.0 Å². The van der Waals surface area contributed by atoms with E-state index in [1.54, 1.807) is 7.11 Å². The lowest BCUT2D eigenvalue weighted by Crippen LogP contribution is -2.41. The molecule has 1 N–H and O–H groups in total. The molecule has 0 saturated heterocycles. The maximum absolute atomic E-state index is 11.8. The largest absolute Gasteiger partial charge is 0.371 e. The molecule has 4 heteroatoms. The summed E-state index contributed by atoms with van der Waals surface area (Å²) >= 11 is 0. The van der Waals surface area contributed by atoms with E-state index in [0.717, 1.165) is 19.6 Å². The predicted molar refractivity (Wildman–Crippen MR) is 79.3 cm³/mol. The molecule has 1 heterocycles. The van der Waals surface area contributed by atoms with Gasteiger partial charge in [0.05, 0.1) is 0 Å². The van der Waals surface area contributed by atoms with Crippen molar-refractivity contribution in [2.45, 2.75) is 19.1 Å². The van der Waals surface area contributed by atoms with Gasteiger partial charge in [-0.1, -0.05) is 42.5 Å². The Balaban J connectivity index is 1.95. The molecule has 2 rings (SSSR count). The van der Waals surface area contributed by atoms with E-state index in [4.69, 9.17) is 4.74 Å². The van der Waals surface area contributed by atoms with Gasteiger partial charge in [0.25, 0.3) is 0 Å². The normalized spacial score (nSPS) is 23.1. The van der Waals surface area contributed by atoms with Crippen LogP contribution in [0, 0.1) is 0 Å². The molecule has 1 aromatic rings. The van der Waals surface area contributed by atoms with Crippen LogP contribution in [0.15, 0.2) is 42.5 Å². The molecule has 0 fully saturated rings. The van der Waals surface area contributed by atoms with Crippen LogP contribution >= 0.6 is 0 Å². The van der Waals surface area contributed by atoms with Crippen LogP contribution in [0.25, 0.3) is 0 Å². The Morgan fingerprint density at radius 3 is 2.85 bits per heavy atom. The van der Waals surface area contributed by atoms with E-state index >= 15 is 0 Å². The molecule has 108 valence electrons. The SMILES string of the molecule is COC1C/C=C\CN(Cc2ccccc2)CCNC1=O. The highest BCUT2D eigenvalue weighted by Crippen LogP contribution is 2.06. The fourth-order valence-corrected chi connectivity index (χ4v) is 2.28. The maximum Gasteiger partial charge on any atom is 0.249 e. The molecule has 1 atom stereocenters. The summed E-state index contributed by atoms with van der Waals surface area (Å²) in [4.78, 5) is 14.2. The topological polar surface area (TPSA) is 41.6 Å². The second-order valence-corrected chi connectivity index (χ2v) is 4.94. The van der Waals surface area contributed by atoms with E-state index in [0.29, 0.717) is 13.0 Å². The van der Waals surface area contributed by atoms with Crippen molar-refractivity contribution < 1.29 is 9.53 Å². The first-order chi connectivity index (χ1) is 9.79. The molecular formula is C16H22N2O2. The van der Waals surface area contributed by atoms with Crippen molar-refractivity contribution in [3.05, 3.63) is 48.0 Å². The summed E-state index contributed by atoms with van der Waals surface area (Å²) in [6.45, 7) is 3.27. The number of amides is 1. The zero-order chi connectivity index (χ0) is 14.2. The van der Waals surface area contributed by atoms with Gasteiger partial charge in [-0.25, -0.2) is 0 Å². The molecule has 0 bridgehead atoms. The highest BCUT2D eigenvalue weighted by atomic mass is 16.5. The van der Waals surface area contributed by atoms with Gasteiger partial charge in [0.1, 0.15) is 6.10 Å². The minimum Gasteiger partial charge on any atom is -0.371 e. The van der Waals surface area contributed by atoms with E-state index in [1.165, 1.54) is 5.56 Å². The Hall–Kier alpha value is -1.65. The lowest BCUT2D eigenvalue weighted by molar-refractivity contribution is -0.130. The quantitative estimate of drug-likeness (QED) is 0.851. The first-order valence-corrected chi connectivity index (χ1v) is 7.01. The monoisotopic (exact) mass is 274 g/mol. The van der Waals surface area contributed by atoms with E-state index in [1.807, 2.05) is 12.1 Å². The van der Waals surface area contributed by atoms with Crippen LogP contribution in [-0.4, -0.2) is 43.7 Å². The number of rotatable bonds is 3. The number of methoxy groups -OCH3 is 1. The molecule has 1 unspecified atom stereocenters. The average molecular weight is 274 g/mol. The summed E-state index contributed by atoms with van der Waals surface area (Å²) < 4.78 is 5.18. The molecule has 0 spiro atoms. The van der Waals surface area contributed by atoms with Crippen LogP contribution < -0.4 is 5.32 Å². The molecule has 1 aliphatic rings. The number of nitrogens with one attached hydrogen (secondary N) is 1. The van der Waals surface area contributed by atoms with E-state index in [-0.39, 0.29) is 12.0 Å². The molecule has 1 amide bonds. The van der Waals surface area contributed by atoms with Crippen molar-refractivity contribution in [1.29, 1.82) is 0 Å². The Labute approximate surface area is 120 Å². The highest BCUT2D eigenvalue weighted by Gasteiger charge is 2.17. The van der Waals surface area contributed by atoms with Crippen molar-refractivity contribution in [2.24, 2.45) is 0 Å². The predicted octanol–water partition coefficient (Wildman–Crippen LogP) is 1.58. The summed E-state index contributed by atoms with van der Waals surface area (Å²) in [6.07, 6.45) is 4.40. The second kappa shape index (κ2) is 7.82. The van der Waals surface area contributed by atoms with Gasteiger partial charge in [-0.3, -0.25) is 9.69 Å². The van der Waals surface area contributed by atoms with Gasteiger partial charge in [-0.2, -0.15) is 0 Å². The summed E-state index contributed by atoms with van der Waals surface area (Å²) in [5, 5.41) is 2.93. The van der Waals surface area contributed by atoms with Crippen molar-refractivity contribution in [1.82, 2.24) is 10.2 Å². The number of carbonyl (C=O) groups is 1. The zero-order valence-corrected chi connectivity index (χ0v) is 11.9. The van der Waals surface area contributed by atoms with Crippen LogP contribution in [0.3, 0.4) is 0 Å². The fourth-order valence-electron chi connectivity index (χ4n) is 2.28. The molecular weight excluding hydrogens is 252 g/mol.